The molecule has 7 nitrogen and oxygen atoms in total. The summed E-state index contributed by atoms with van der Waals surface area (Å²) in [7, 11) is 0. The van der Waals surface area contributed by atoms with Crippen LogP contribution in [-0.4, -0.2) is 98.6 Å². The zero-order valence-corrected chi connectivity index (χ0v) is 20.4. The van der Waals surface area contributed by atoms with Crippen molar-refractivity contribution in [1.29, 1.82) is 0 Å². The molecule has 28 heavy (non-hydrogen) atoms. The van der Waals surface area contributed by atoms with Crippen molar-refractivity contribution in [3.05, 3.63) is 0 Å². The number of hydrogen-bond acceptors (Lipinski definition) is 5. The Morgan fingerprint density at radius 2 is 1.79 bits per heavy atom. The highest BCUT2D eigenvalue weighted by Gasteiger charge is 2.25. The number of nitrogens with one attached hydrogen (secondary N) is 2. The number of hydrogen-bond donors (Lipinski definition) is 3. The van der Waals surface area contributed by atoms with Crippen molar-refractivity contribution in [2.24, 2.45) is 10.9 Å². The Labute approximate surface area is 188 Å². The standard InChI is InChI=1S/C20H41N5O2.HI/c1-4-21-19(22-9-6-18-7-10-24(5-2)11-8-18)23-16-20(3,26)17-25-12-14-27-15-13-25;/h18,26H,4-17H2,1-3H3,(H2,21,22,23);1H. The number of aliphatic hydroxyl groups is 1. The number of halogens is 1. The summed E-state index contributed by atoms with van der Waals surface area (Å²) in [5.74, 6) is 1.62. The minimum absolute atomic E-state index is 0. The number of guanidine groups is 1. The van der Waals surface area contributed by atoms with Gasteiger partial charge in [-0.3, -0.25) is 9.89 Å². The van der Waals surface area contributed by atoms with Crippen LogP contribution in [-0.2, 0) is 4.74 Å². The van der Waals surface area contributed by atoms with E-state index >= 15 is 0 Å². The predicted octanol–water partition coefficient (Wildman–Crippen LogP) is 1.36. The molecule has 2 fully saturated rings. The third kappa shape index (κ3) is 10.0. The van der Waals surface area contributed by atoms with E-state index in [9.17, 15) is 5.11 Å². The van der Waals surface area contributed by atoms with Gasteiger partial charge in [-0.15, -0.1) is 24.0 Å². The van der Waals surface area contributed by atoms with Crippen molar-refractivity contribution >= 4 is 29.9 Å². The maximum Gasteiger partial charge on any atom is 0.191 e. The van der Waals surface area contributed by atoms with Crippen LogP contribution in [0.15, 0.2) is 4.99 Å². The van der Waals surface area contributed by atoms with Gasteiger partial charge in [-0.2, -0.15) is 0 Å². The van der Waals surface area contributed by atoms with Crippen molar-refractivity contribution in [1.82, 2.24) is 20.4 Å². The van der Waals surface area contributed by atoms with Gasteiger partial charge < -0.3 is 25.4 Å². The SMILES string of the molecule is CCNC(=NCC(C)(O)CN1CCOCC1)NCCC1CCN(CC)CC1.I. The van der Waals surface area contributed by atoms with Gasteiger partial charge in [0.25, 0.3) is 0 Å². The number of β-amino-alcohol motifs (C(OH)–C–C–N with tert-alkyl or cyclic N) is 1. The third-order valence-electron chi connectivity index (χ3n) is 5.59. The molecule has 3 N–H and O–H groups in total. The lowest BCUT2D eigenvalue weighted by atomic mass is 9.93. The van der Waals surface area contributed by atoms with Gasteiger partial charge >= 0.3 is 0 Å². The molecule has 0 aromatic heterocycles. The quantitative estimate of drug-likeness (QED) is 0.247. The van der Waals surface area contributed by atoms with Gasteiger partial charge in [-0.1, -0.05) is 6.92 Å². The number of nitrogens with zero attached hydrogens (tertiary/aromatic N) is 3. The monoisotopic (exact) mass is 511 g/mol. The topological polar surface area (TPSA) is 72.4 Å². The van der Waals surface area contributed by atoms with E-state index in [1.807, 2.05) is 6.92 Å². The fourth-order valence-electron chi connectivity index (χ4n) is 3.87. The lowest BCUT2D eigenvalue weighted by molar-refractivity contribution is -0.0180. The van der Waals surface area contributed by atoms with Crippen LogP contribution in [0.3, 0.4) is 0 Å². The molecule has 0 spiro atoms. The molecule has 0 amide bonds. The first-order valence-corrected chi connectivity index (χ1v) is 10.8. The second-order valence-electron chi connectivity index (χ2n) is 8.17. The number of ether oxygens (including phenoxy) is 1. The number of morpholine rings is 1. The van der Waals surface area contributed by atoms with Crippen LogP contribution in [0.5, 0.6) is 0 Å². The molecule has 166 valence electrons. The largest absolute Gasteiger partial charge is 0.387 e. The molecule has 2 heterocycles. The van der Waals surface area contributed by atoms with Gasteiger partial charge in [-0.05, 0) is 58.7 Å². The van der Waals surface area contributed by atoms with E-state index < -0.39 is 5.60 Å². The van der Waals surface area contributed by atoms with Crippen molar-refractivity contribution in [3.8, 4) is 0 Å². The molecule has 1 unspecified atom stereocenters. The maximum absolute atomic E-state index is 10.7. The average Bonchev–Trinajstić information content (AvgIpc) is 2.67. The van der Waals surface area contributed by atoms with Gasteiger partial charge in [-0.25, -0.2) is 0 Å². The summed E-state index contributed by atoms with van der Waals surface area (Å²) in [6.07, 6.45) is 3.79. The lowest BCUT2D eigenvalue weighted by Gasteiger charge is -2.33. The Hall–Kier alpha value is -0.160. The van der Waals surface area contributed by atoms with Crippen LogP contribution < -0.4 is 10.6 Å². The van der Waals surface area contributed by atoms with E-state index in [1.165, 1.54) is 38.9 Å². The van der Waals surface area contributed by atoms with Crippen molar-refractivity contribution in [3.63, 3.8) is 0 Å². The first-order chi connectivity index (χ1) is 13.0. The number of aliphatic imine (C=N–C) groups is 1. The minimum atomic E-state index is -0.827. The van der Waals surface area contributed by atoms with Crippen LogP contribution >= 0.6 is 24.0 Å². The third-order valence-corrected chi connectivity index (χ3v) is 5.59. The molecule has 2 rings (SSSR count). The second kappa shape index (κ2) is 14.0. The van der Waals surface area contributed by atoms with E-state index in [4.69, 9.17) is 4.74 Å². The highest BCUT2D eigenvalue weighted by molar-refractivity contribution is 14.0. The van der Waals surface area contributed by atoms with Crippen molar-refractivity contribution in [2.75, 3.05) is 72.1 Å². The predicted molar refractivity (Wildman–Crippen MR) is 127 cm³/mol. The first-order valence-electron chi connectivity index (χ1n) is 10.8. The smallest absolute Gasteiger partial charge is 0.191 e. The Morgan fingerprint density at radius 3 is 2.39 bits per heavy atom. The minimum Gasteiger partial charge on any atom is -0.387 e. The van der Waals surface area contributed by atoms with Crippen LogP contribution in [0.4, 0.5) is 0 Å². The molecule has 8 heteroatoms. The molecular formula is C20H42IN5O2. The molecule has 0 radical (unpaired) electrons. The summed E-state index contributed by atoms with van der Waals surface area (Å²) in [5.41, 5.74) is -0.827. The van der Waals surface area contributed by atoms with Gasteiger partial charge in [0.05, 0.1) is 25.4 Å². The molecule has 2 aliphatic rings. The van der Waals surface area contributed by atoms with E-state index in [-0.39, 0.29) is 24.0 Å². The molecule has 2 aliphatic heterocycles. The summed E-state index contributed by atoms with van der Waals surface area (Å²) < 4.78 is 5.38. The van der Waals surface area contributed by atoms with Gasteiger partial charge in [0.2, 0.25) is 0 Å². The van der Waals surface area contributed by atoms with E-state index in [2.05, 4.69) is 39.3 Å². The average molecular weight is 511 g/mol. The molecule has 0 aromatic carbocycles. The molecule has 0 aliphatic carbocycles. The zero-order valence-electron chi connectivity index (χ0n) is 18.1. The zero-order chi connectivity index (χ0) is 19.5. The highest BCUT2D eigenvalue weighted by atomic mass is 127. The molecular weight excluding hydrogens is 469 g/mol. The van der Waals surface area contributed by atoms with E-state index in [1.54, 1.807) is 0 Å². The fraction of sp³-hybridized carbons (Fsp3) is 0.950. The summed E-state index contributed by atoms with van der Waals surface area (Å²) in [6.45, 7) is 15.9. The second-order valence-corrected chi connectivity index (χ2v) is 8.17. The molecule has 2 saturated heterocycles. The normalized spacial score (nSPS) is 22.4. The Morgan fingerprint density at radius 1 is 1.11 bits per heavy atom. The Kier molecular flexibility index (Phi) is 12.9. The van der Waals surface area contributed by atoms with Crippen molar-refractivity contribution in [2.45, 2.75) is 45.6 Å². The van der Waals surface area contributed by atoms with Crippen molar-refractivity contribution < 1.29 is 9.84 Å². The molecule has 0 saturated carbocycles. The van der Waals surface area contributed by atoms with Crippen LogP contribution in [0.1, 0.15) is 40.0 Å². The molecule has 1 atom stereocenters. The van der Waals surface area contributed by atoms with Gasteiger partial charge in [0.1, 0.15) is 0 Å². The molecule has 0 aromatic rings. The van der Waals surface area contributed by atoms with Gasteiger partial charge in [0, 0.05) is 32.7 Å². The van der Waals surface area contributed by atoms with Crippen LogP contribution in [0.2, 0.25) is 0 Å². The Bertz CT molecular complexity index is 436. The summed E-state index contributed by atoms with van der Waals surface area (Å²) in [4.78, 5) is 9.42. The number of rotatable bonds is 9. The number of piperidine rings is 1. The van der Waals surface area contributed by atoms with Crippen LogP contribution in [0.25, 0.3) is 0 Å². The summed E-state index contributed by atoms with van der Waals surface area (Å²) >= 11 is 0. The summed E-state index contributed by atoms with van der Waals surface area (Å²) in [6, 6.07) is 0. The lowest BCUT2D eigenvalue weighted by Crippen LogP contribution is -2.48. The van der Waals surface area contributed by atoms with Crippen LogP contribution in [0, 0.1) is 5.92 Å². The Balaban J connectivity index is 0.00000392. The molecule has 0 bridgehead atoms. The van der Waals surface area contributed by atoms with E-state index in [0.29, 0.717) is 13.1 Å². The fourth-order valence-corrected chi connectivity index (χ4v) is 3.87. The first kappa shape index (κ1) is 25.9. The highest BCUT2D eigenvalue weighted by Crippen LogP contribution is 2.19. The van der Waals surface area contributed by atoms with E-state index in [0.717, 1.165) is 51.3 Å². The number of likely N-dealkylation sites (tertiary alicyclic amines) is 1. The maximum atomic E-state index is 10.7. The summed E-state index contributed by atoms with van der Waals surface area (Å²) in [5, 5.41) is 17.5. The van der Waals surface area contributed by atoms with Gasteiger partial charge in [0.15, 0.2) is 5.96 Å².